The largest absolute Gasteiger partial charge is 0.497 e. The maximum Gasteiger partial charge on any atom is 0.305 e. The van der Waals surface area contributed by atoms with Crippen molar-refractivity contribution >= 4 is 5.69 Å². The van der Waals surface area contributed by atoms with E-state index < -0.39 is 23.5 Å². The molecule has 0 saturated carbocycles. The fourth-order valence-corrected chi connectivity index (χ4v) is 0.699. The molecule has 0 heterocycles. The molecule has 5 heteroatoms. The quantitative estimate of drug-likeness (QED) is 0.506. The lowest BCUT2D eigenvalue weighted by atomic mass is 10.3. The molecule has 0 bridgehead atoms. The van der Waals surface area contributed by atoms with Crippen molar-refractivity contribution in [3.63, 3.8) is 0 Å². The summed E-state index contributed by atoms with van der Waals surface area (Å²) in [5.41, 5.74) is -0.729. The molecule has 4 nitrogen and oxygen atoms in total. The molecule has 0 aliphatic carbocycles. The van der Waals surface area contributed by atoms with E-state index in [4.69, 9.17) is 4.11 Å². The van der Waals surface area contributed by atoms with E-state index in [1.165, 1.54) is 0 Å². The summed E-state index contributed by atoms with van der Waals surface area (Å²) in [6, 6.07) is 2.52. The minimum absolute atomic E-state index is 0.280. The van der Waals surface area contributed by atoms with Crippen molar-refractivity contribution in [3.8, 4) is 5.75 Å². The normalized spacial score (nSPS) is 14.2. The zero-order valence-electron chi connectivity index (χ0n) is 8.78. The van der Waals surface area contributed by atoms with Gasteiger partial charge in [0.15, 0.2) is 0 Å². The van der Waals surface area contributed by atoms with Gasteiger partial charge in [-0.1, -0.05) is 0 Å². The van der Waals surface area contributed by atoms with Gasteiger partial charge in [-0.25, -0.2) is 0 Å². The van der Waals surface area contributed by atoms with Crippen LogP contribution in [0, 0.1) is 15.9 Å². The molecule has 0 aliphatic heterocycles. The van der Waals surface area contributed by atoms with Gasteiger partial charge >= 0.3 is 5.69 Å². The number of halogens is 1. The summed E-state index contributed by atoms with van der Waals surface area (Å²) < 4.78 is 37.5. The van der Waals surface area contributed by atoms with E-state index in [-0.39, 0.29) is 5.75 Å². The van der Waals surface area contributed by atoms with Crippen LogP contribution in [0.2, 0.25) is 0 Å². The standard InChI is InChI=1S/C7H6FNO3/c1-12-5-2-3-7(9(10)11)6(8)4-5/h2-4H,1H3/i1D3. The van der Waals surface area contributed by atoms with Crippen LogP contribution in [-0.4, -0.2) is 12.0 Å². The fourth-order valence-electron chi connectivity index (χ4n) is 0.699. The van der Waals surface area contributed by atoms with Gasteiger partial charge < -0.3 is 4.74 Å². The van der Waals surface area contributed by atoms with Crippen LogP contribution < -0.4 is 4.74 Å². The van der Waals surface area contributed by atoms with E-state index in [2.05, 4.69) is 4.74 Å². The second-order valence-corrected chi connectivity index (χ2v) is 1.97. The topological polar surface area (TPSA) is 52.4 Å². The molecule has 0 spiro atoms. The fraction of sp³-hybridized carbons (Fsp3) is 0.143. The van der Waals surface area contributed by atoms with Gasteiger partial charge in [0.25, 0.3) is 0 Å². The first-order valence-electron chi connectivity index (χ1n) is 4.42. The lowest BCUT2D eigenvalue weighted by Gasteiger charge is -1.98. The molecule has 0 radical (unpaired) electrons. The van der Waals surface area contributed by atoms with Gasteiger partial charge in [0.1, 0.15) is 5.75 Å². The summed E-state index contributed by atoms with van der Waals surface area (Å²) in [5.74, 6) is -1.42. The molecule has 1 aromatic rings. The Morgan fingerprint density at radius 1 is 1.75 bits per heavy atom. The zero-order valence-corrected chi connectivity index (χ0v) is 5.78. The van der Waals surface area contributed by atoms with E-state index >= 15 is 0 Å². The molecule has 12 heavy (non-hydrogen) atoms. The molecule has 0 N–H and O–H groups in total. The molecule has 0 saturated heterocycles. The number of nitro groups is 1. The molecule has 0 aromatic heterocycles. The Bertz CT molecular complexity index is 394. The summed E-state index contributed by atoms with van der Waals surface area (Å²) in [5, 5.41) is 10.2. The van der Waals surface area contributed by atoms with Crippen molar-refractivity contribution in [3.05, 3.63) is 34.1 Å². The Balaban J connectivity index is 2.97. The molecule has 1 aromatic carbocycles. The van der Waals surface area contributed by atoms with E-state index in [0.29, 0.717) is 6.07 Å². The monoisotopic (exact) mass is 174 g/mol. The van der Waals surface area contributed by atoms with Crippen LogP contribution in [0.15, 0.2) is 18.2 Å². The van der Waals surface area contributed by atoms with Crippen LogP contribution in [0.1, 0.15) is 4.11 Å². The molecule has 0 aliphatic rings. The Kier molecular flexibility index (Phi) is 1.34. The SMILES string of the molecule is [2H]C([2H])([2H])Oc1ccc([N+](=O)[O-])c(F)c1. The summed E-state index contributed by atoms with van der Waals surface area (Å²) in [6.07, 6.45) is 0. The van der Waals surface area contributed by atoms with Gasteiger partial charge in [0, 0.05) is 12.1 Å². The molecule has 0 amide bonds. The number of ether oxygens (including phenoxy) is 1. The predicted octanol–water partition coefficient (Wildman–Crippen LogP) is 1.74. The van der Waals surface area contributed by atoms with Gasteiger partial charge in [-0.3, -0.25) is 10.1 Å². The second-order valence-electron chi connectivity index (χ2n) is 1.97. The van der Waals surface area contributed by atoms with E-state index in [9.17, 15) is 14.5 Å². The molecule has 0 atom stereocenters. The Labute approximate surface area is 71.9 Å². The van der Waals surface area contributed by atoms with E-state index in [0.717, 1.165) is 12.1 Å². The van der Waals surface area contributed by atoms with Crippen LogP contribution in [0.5, 0.6) is 5.75 Å². The maximum absolute atomic E-state index is 13.0. The third-order valence-corrected chi connectivity index (χ3v) is 1.23. The molecular formula is C7H6FNO3. The predicted molar refractivity (Wildman–Crippen MR) is 39.6 cm³/mol. The molecular weight excluding hydrogens is 165 g/mol. The van der Waals surface area contributed by atoms with Crippen LogP contribution >= 0.6 is 0 Å². The first-order chi connectivity index (χ1) is 6.79. The minimum atomic E-state index is -2.71. The van der Waals surface area contributed by atoms with Gasteiger partial charge in [-0.05, 0) is 6.07 Å². The van der Waals surface area contributed by atoms with Crippen molar-refractivity contribution in [2.75, 3.05) is 7.04 Å². The third kappa shape index (κ3) is 1.50. The summed E-state index contributed by atoms with van der Waals surface area (Å²) in [4.78, 5) is 9.32. The number of hydrogen-bond acceptors (Lipinski definition) is 3. The number of benzene rings is 1. The van der Waals surface area contributed by atoms with Crippen LogP contribution in [0.3, 0.4) is 0 Å². The van der Waals surface area contributed by atoms with Gasteiger partial charge in [-0.15, -0.1) is 0 Å². The highest BCUT2D eigenvalue weighted by Crippen LogP contribution is 2.21. The molecule has 64 valence electrons. The molecule has 0 fully saturated rings. The number of nitrogens with zero attached hydrogens (tertiary/aromatic N) is 1. The first-order valence-corrected chi connectivity index (χ1v) is 2.92. The third-order valence-electron chi connectivity index (χ3n) is 1.23. The highest BCUT2D eigenvalue weighted by Gasteiger charge is 2.13. The van der Waals surface area contributed by atoms with Crippen molar-refractivity contribution in [1.29, 1.82) is 0 Å². The zero-order chi connectivity index (χ0) is 11.6. The van der Waals surface area contributed by atoms with Crippen molar-refractivity contribution in [2.24, 2.45) is 0 Å². The second kappa shape index (κ2) is 3.17. The number of methoxy groups -OCH3 is 1. The number of nitro benzene ring substituents is 1. The van der Waals surface area contributed by atoms with Crippen LogP contribution in [0.4, 0.5) is 10.1 Å². The molecule has 1 rings (SSSR count). The highest BCUT2D eigenvalue weighted by molar-refractivity contribution is 5.37. The minimum Gasteiger partial charge on any atom is -0.497 e. The smallest absolute Gasteiger partial charge is 0.305 e. The first kappa shape index (κ1) is 5.08. The number of rotatable bonds is 2. The van der Waals surface area contributed by atoms with Crippen molar-refractivity contribution < 1.29 is 18.2 Å². The Morgan fingerprint density at radius 3 is 3.00 bits per heavy atom. The summed E-state index contributed by atoms with van der Waals surface area (Å²) in [7, 11) is -2.71. The Morgan fingerprint density at radius 2 is 2.50 bits per heavy atom. The maximum atomic E-state index is 13.0. The van der Waals surface area contributed by atoms with Gasteiger partial charge in [0.2, 0.25) is 5.82 Å². The summed E-state index contributed by atoms with van der Waals surface area (Å²) >= 11 is 0. The average Bonchev–Trinajstić information content (AvgIpc) is 1.99. The van der Waals surface area contributed by atoms with Gasteiger partial charge in [0.05, 0.1) is 16.1 Å². The molecule has 0 unspecified atom stereocenters. The van der Waals surface area contributed by atoms with Crippen LogP contribution in [-0.2, 0) is 0 Å². The van der Waals surface area contributed by atoms with Gasteiger partial charge in [-0.2, -0.15) is 4.39 Å². The Hall–Kier alpha value is -1.65. The van der Waals surface area contributed by atoms with Crippen molar-refractivity contribution in [1.82, 2.24) is 0 Å². The highest BCUT2D eigenvalue weighted by atomic mass is 19.1. The number of hydrogen-bond donors (Lipinski definition) is 0. The van der Waals surface area contributed by atoms with E-state index in [1.54, 1.807) is 0 Å². The lowest BCUT2D eigenvalue weighted by molar-refractivity contribution is -0.387. The summed E-state index contributed by atoms with van der Waals surface area (Å²) in [6.45, 7) is 0. The lowest BCUT2D eigenvalue weighted by Crippen LogP contribution is -1.92. The van der Waals surface area contributed by atoms with E-state index in [1.807, 2.05) is 0 Å². The van der Waals surface area contributed by atoms with Crippen LogP contribution in [0.25, 0.3) is 0 Å². The average molecular weight is 174 g/mol. The van der Waals surface area contributed by atoms with Crippen molar-refractivity contribution in [2.45, 2.75) is 0 Å².